The molecule has 0 heterocycles. The molecular weight excluding hydrogens is 640 g/mol. The highest BCUT2D eigenvalue weighted by Gasteiger charge is 2.14. The predicted molar refractivity (Wildman–Crippen MR) is 187 cm³/mol. The maximum absolute atomic E-state index is 12.1. The Morgan fingerprint density at radius 1 is 0.396 bits per heavy atom. The van der Waals surface area contributed by atoms with Gasteiger partial charge in [-0.05, 0) is 25.5 Å². The molecule has 0 amide bonds. The van der Waals surface area contributed by atoms with Crippen LogP contribution in [0.3, 0.4) is 0 Å². The fourth-order valence-corrected chi connectivity index (χ4v) is 5.38. The molecule has 282 valence electrons. The van der Waals surface area contributed by atoms with E-state index in [0.717, 1.165) is 18.6 Å². The molecule has 1 aromatic rings. The minimum atomic E-state index is -3.77. The Labute approximate surface area is 291 Å². The summed E-state index contributed by atoms with van der Waals surface area (Å²) in [4.78, 5) is 0.134. The Balaban J connectivity index is 1.67. The smallest absolute Gasteiger partial charge is 0.297 e. The summed E-state index contributed by atoms with van der Waals surface area (Å²) >= 11 is 0. The summed E-state index contributed by atoms with van der Waals surface area (Å²) in [6, 6.07) is 6.50. The van der Waals surface area contributed by atoms with Gasteiger partial charge in [-0.15, -0.1) is 0 Å². The lowest BCUT2D eigenvalue weighted by atomic mass is 10.1. The van der Waals surface area contributed by atoms with Crippen molar-refractivity contribution in [3.63, 3.8) is 0 Å². The van der Waals surface area contributed by atoms with Crippen molar-refractivity contribution in [1.29, 1.82) is 0 Å². The first-order chi connectivity index (χ1) is 23.6. The second-order valence-corrected chi connectivity index (χ2v) is 13.1. The first-order valence-corrected chi connectivity index (χ1v) is 19.5. The number of aryl methyl sites for hydroxylation is 1. The predicted octanol–water partition coefficient (Wildman–Crippen LogP) is 6.14. The van der Waals surface area contributed by atoms with Crippen LogP contribution in [0.5, 0.6) is 0 Å². The normalized spacial score (nSPS) is 11.9. The van der Waals surface area contributed by atoms with Crippen molar-refractivity contribution < 1.29 is 50.5 Å². The second-order valence-electron chi connectivity index (χ2n) is 11.5. The van der Waals surface area contributed by atoms with Gasteiger partial charge in [-0.1, -0.05) is 88.8 Å². The van der Waals surface area contributed by atoms with Gasteiger partial charge in [0.15, 0.2) is 0 Å². The third-order valence-corrected chi connectivity index (χ3v) is 8.60. The Kier molecular flexibility index (Phi) is 32.0. The van der Waals surface area contributed by atoms with E-state index in [-0.39, 0.29) is 18.1 Å². The molecular formula is C36H66O11S. The molecule has 1 aromatic carbocycles. The summed E-state index contributed by atoms with van der Waals surface area (Å²) in [6.07, 6.45) is 14.8. The summed E-state index contributed by atoms with van der Waals surface area (Å²) in [5, 5.41) is 0. The molecule has 0 saturated heterocycles. The molecule has 0 fully saturated rings. The highest BCUT2D eigenvalue weighted by atomic mass is 32.2. The van der Waals surface area contributed by atoms with Gasteiger partial charge in [-0.2, -0.15) is 8.42 Å². The molecule has 0 spiro atoms. The molecule has 12 heteroatoms. The van der Waals surface area contributed by atoms with Gasteiger partial charge in [0.2, 0.25) is 0 Å². The molecule has 0 atom stereocenters. The van der Waals surface area contributed by atoms with Gasteiger partial charge in [0.1, 0.15) is 0 Å². The molecule has 0 saturated carbocycles. The van der Waals surface area contributed by atoms with Crippen LogP contribution in [0.25, 0.3) is 0 Å². The molecule has 0 N–H and O–H groups in total. The van der Waals surface area contributed by atoms with Crippen LogP contribution in [0, 0.1) is 6.92 Å². The standard InChI is InChI=1S/C36H66O11S/c1-3-4-5-6-7-8-9-10-11-12-13-18-39-19-20-40-21-22-41-23-24-42-25-26-43-27-28-44-29-30-45-31-32-46-33-34-47-48(37,38)36-16-14-35(2)15-17-36/h14-17H,3-13,18-34H2,1-2H3. The molecule has 0 radical (unpaired) electrons. The summed E-state index contributed by atoms with van der Waals surface area (Å²) in [7, 11) is -3.77. The van der Waals surface area contributed by atoms with Crippen LogP contribution in [-0.4, -0.2) is 121 Å². The van der Waals surface area contributed by atoms with Gasteiger partial charge in [0, 0.05) is 6.61 Å². The topological polar surface area (TPSA) is 117 Å². The number of hydrogen-bond donors (Lipinski definition) is 0. The molecule has 0 aliphatic rings. The van der Waals surface area contributed by atoms with E-state index < -0.39 is 10.1 Å². The third kappa shape index (κ3) is 29.7. The number of hydrogen-bond acceptors (Lipinski definition) is 11. The fraction of sp³-hybridized carbons (Fsp3) is 0.833. The van der Waals surface area contributed by atoms with Crippen LogP contribution in [0.2, 0.25) is 0 Å². The van der Waals surface area contributed by atoms with Crippen LogP contribution in [0.15, 0.2) is 29.2 Å². The molecule has 1 rings (SSSR count). The number of rotatable bonds is 38. The summed E-state index contributed by atoms with van der Waals surface area (Å²) in [5.74, 6) is 0. The summed E-state index contributed by atoms with van der Waals surface area (Å²) in [5.41, 5.74) is 0.980. The van der Waals surface area contributed by atoms with Crippen molar-refractivity contribution in [3.05, 3.63) is 29.8 Å². The first kappa shape index (κ1) is 44.8. The van der Waals surface area contributed by atoms with Crippen molar-refractivity contribution >= 4 is 10.1 Å². The maximum atomic E-state index is 12.1. The largest absolute Gasteiger partial charge is 0.379 e. The Bertz CT molecular complexity index is 900. The Morgan fingerprint density at radius 2 is 0.688 bits per heavy atom. The van der Waals surface area contributed by atoms with Crippen molar-refractivity contribution in [1.82, 2.24) is 0 Å². The van der Waals surface area contributed by atoms with E-state index in [0.29, 0.717) is 92.5 Å². The number of benzene rings is 1. The molecule has 48 heavy (non-hydrogen) atoms. The number of unbranched alkanes of at least 4 members (excludes halogenated alkanes) is 10. The zero-order chi connectivity index (χ0) is 34.6. The zero-order valence-corrected chi connectivity index (χ0v) is 30.8. The average Bonchev–Trinajstić information content (AvgIpc) is 3.08. The van der Waals surface area contributed by atoms with Crippen LogP contribution in [0.4, 0.5) is 0 Å². The quantitative estimate of drug-likeness (QED) is 0.0583. The van der Waals surface area contributed by atoms with E-state index in [9.17, 15) is 8.42 Å². The minimum Gasteiger partial charge on any atom is -0.379 e. The van der Waals surface area contributed by atoms with Crippen molar-refractivity contribution in [2.24, 2.45) is 0 Å². The highest BCUT2D eigenvalue weighted by Crippen LogP contribution is 2.13. The average molecular weight is 707 g/mol. The lowest BCUT2D eigenvalue weighted by Gasteiger charge is -2.09. The lowest BCUT2D eigenvalue weighted by Crippen LogP contribution is -2.15. The molecule has 0 unspecified atom stereocenters. The maximum Gasteiger partial charge on any atom is 0.297 e. The van der Waals surface area contributed by atoms with Gasteiger partial charge < -0.3 is 37.9 Å². The van der Waals surface area contributed by atoms with E-state index in [1.165, 1.54) is 76.3 Å². The Hall–Kier alpha value is -1.19. The minimum absolute atomic E-state index is 0.0519. The van der Waals surface area contributed by atoms with Gasteiger partial charge in [0.25, 0.3) is 10.1 Å². The van der Waals surface area contributed by atoms with Crippen LogP contribution in [-0.2, 0) is 52.2 Å². The Morgan fingerprint density at radius 3 is 1.04 bits per heavy atom. The first-order valence-electron chi connectivity index (χ1n) is 18.1. The molecule has 0 aliphatic carbocycles. The van der Waals surface area contributed by atoms with Crippen molar-refractivity contribution in [2.45, 2.75) is 89.4 Å². The summed E-state index contributed by atoms with van der Waals surface area (Å²) < 4.78 is 73.1. The van der Waals surface area contributed by atoms with E-state index in [4.69, 9.17) is 42.1 Å². The van der Waals surface area contributed by atoms with E-state index >= 15 is 0 Å². The lowest BCUT2D eigenvalue weighted by molar-refractivity contribution is -0.0236. The van der Waals surface area contributed by atoms with Crippen molar-refractivity contribution in [3.8, 4) is 0 Å². The third-order valence-electron chi connectivity index (χ3n) is 7.27. The summed E-state index contributed by atoms with van der Waals surface area (Å²) in [6.45, 7) is 12.0. The van der Waals surface area contributed by atoms with Crippen LogP contribution >= 0.6 is 0 Å². The zero-order valence-electron chi connectivity index (χ0n) is 30.0. The van der Waals surface area contributed by atoms with E-state index in [1.807, 2.05) is 6.92 Å². The highest BCUT2D eigenvalue weighted by molar-refractivity contribution is 7.86. The van der Waals surface area contributed by atoms with Gasteiger partial charge in [-0.3, -0.25) is 4.18 Å². The van der Waals surface area contributed by atoms with Crippen LogP contribution in [0.1, 0.15) is 83.1 Å². The van der Waals surface area contributed by atoms with E-state index in [1.54, 1.807) is 12.1 Å². The molecule has 0 aliphatic heterocycles. The van der Waals surface area contributed by atoms with Crippen LogP contribution < -0.4 is 0 Å². The monoisotopic (exact) mass is 706 g/mol. The second kappa shape index (κ2) is 34.3. The van der Waals surface area contributed by atoms with Gasteiger partial charge in [0.05, 0.1) is 111 Å². The van der Waals surface area contributed by atoms with Crippen molar-refractivity contribution in [2.75, 3.05) is 112 Å². The fourth-order valence-electron chi connectivity index (χ4n) is 4.49. The number of ether oxygens (including phenoxy) is 8. The molecule has 0 aromatic heterocycles. The molecule has 0 bridgehead atoms. The van der Waals surface area contributed by atoms with Gasteiger partial charge in [-0.25, -0.2) is 0 Å². The van der Waals surface area contributed by atoms with Gasteiger partial charge >= 0.3 is 0 Å². The SMILES string of the molecule is CCCCCCCCCCCCCOCCOCCOCCOCCOCCOCCOCCOCCOS(=O)(=O)c1ccc(C)cc1. The van der Waals surface area contributed by atoms with E-state index in [2.05, 4.69) is 6.92 Å². The molecule has 11 nitrogen and oxygen atoms in total.